The van der Waals surface area contributed by atoms with E-state index in [1.807, 2.05) is 0 Å². The molecule has 0 saturated carbocycles. The fourth-order valence-corrected chi connectivity index (χ4v) is 7.66. The summed E-state index contributed by atoms with van der Waals surface area (Å²) in [7, 11) is -0.660. The Hall–Kier alpha value is -1.59. The highest BCUT2D eigenvalue weighted by atomic mass is 28.3. The Morgan fingerprint density at radius 1 is 0.708 bits per heavy atom. The van der Waals surface area contributed by atoms with E-state index in [4.69, 9.17) is 0 Å². The third-order valence-corrected chi connectivity index (χ3v) is 8.88. The molecule has 0 aliphatic carbocycles. The smallest absolute Gasteiger partial charge is 0.0993 e. The van der Waals surface area contributed by atoms with Crippen LogP contribution in [-0.2, 0) is 7.05 Å². The second-order valence-electron chi connectivity index (χ2n) is 8.85. The molecule has 1 heterocycles. The summed E-state index contributed by atoms with van der Waals surface area (Å²) in [5, 5.41) is 4.54. The van der Waals surface area contributed by atoms with Crippen LogP contribution < -0.4 is 10.5 Å². The van der Waals surface area contributed by atoms with Gasteiger partial charge in [0.15, 0.2) is 0 Å². The van der Waals surface area contributed by atoms with Crippen molar-refractivity contribution in [3.8, 4) is 11.1 Å². The summed E-state index contributed by atoms with van der Waals surface area (Å²) in [4.78, 5) is 0. The van der Waals surface area contributed by atoms with Crippen LogP contribution in [0, 0.1) is 0 Å². The Morgan fingerprint density at radius 3 is 1.92 bits per heavy atom. The van der Waals surface area contributed by atoms with E-state index in [1.54, 1.807) is 10.5 Å². The van der Waals surface area contributed by atoms with Crippen LogP contribution in [0.1, 0.15) is 0 Å². The van der Waals surface area contributed by atoms with E-state index in [0.717, 1.165) is 0 Å². The van der Waals surface area contributed by atoms with Crippen LogP contribution in [0.3, 0.4) is 0 Å². The Morgan fingerprint density at radius 2 is 1.29 bits per heavy atom. The van der Waals surface area contributed by atoms with E-state index in [2.05, 4.69) is 99.4 Å². The lowest BCUT2D eigenvalue weighted by Gasteiger charge is -2.25. The molecule has 126 valence electrons. The molecule has 0 fully saturated rings. The molecule has 0 radical (unpaired) electrons. The van der Waals surface area contributed by atoms with Crippen molar-refractivity contribution in [3.05, 3.63) is 48.5 Å². The predicted molar refractivity (Wildman–Crippen MR) is 114 cm³/mol. The van der Waals surface area contributed by atoms with Gasteiger partial charge in [0.25, 0.3) is 0 Å². The number of rotatable bonds is 3. The van der Waals surface area contributed by atoms with Gasteiger partial charge in [-0.25, -0.2) is 0 Å². The average molecular weight is 352 g/mol. The molecule has 0 aliphatic heterocycles. The molecule has 0 spiro atoms. The minimum atomic E-state index is -1.49. The van der Waals surface area contributed by atoms with E-state index in [-0.39, 0.29) is 0 Å². The summed E-state index contributed by atoms with van der Waals surface area (Å²) in [6, 6.07) is 18.0. The van der Waals surface area contributed by atoms with Crippen molar-refractivity contribution in [1.29, 1.82) is 0 Å². The van der Waals surface area contributed by atoms with Crippen LogP contribution >= 0.6 is 0 Å². The second-order valence-corrected chi connectivity index (χ2v) is 18.9. The summed E-state index contributed by atoms with van der Waals surface area (Å²) >= 11 is 0. The highest BCUT2D eigenvalue weighted by Gasteiger charge is 2.30. The second kappa shape index (κ2) is 5.74. The van der Waals surface area contributed by atoms with Gasteiger partial charge in [0.2, 0.25) is 0 Å². The van der Waals surface area contributed by atoms with Crippen molar-refractivity contribution in [2.75, 3.05) is 0 Å². The van der Waals surface area contributed by atoms with Gasteiger partial charge in [-0.1, -0.05) is 86.9 Å². The van der Waals surface area contributed by atoms with Crippen LogP contribution in [0.2, 0.25) is 39.3 Å². The van der Waals surface area contributed by atoms with E-state index in [0.29, 0.717) is 0 Å². The van der Waals surface area contributed by atoms with E-state index in [9.17, 15) is 0 Å². The third-order valence-electron chi connectivity index (χ3n) is 4.82. The molecule has 2 aromatic carbocycles. The number of hydrogen-bond donors (Lipinski definition) is 0. The standard InChI is InChI=1S/C21H29NSi2/c1-22-18-14-10-8-12-16(18)20(21(22)24(5,6)7)17-13-9-11-15-19(17)23(2,3)4/h8-15H,1-7H3. The van der Waals surface area contributed by atoms with Crippen molar-refractivity contribution in [2.45, 2.75) is 39.3 Å². The number of nitrogens with zero attached hydrogens (tertiary/aromatic N) is 1. The Balaban J connectivity index is 2.48. The Labute approximate surface area is 148 Å². The highest BCUT2D eigenvalue weighted by molar-refractivity contribution is 6.91. The highest BCUT2D eigenvalue weighted by Crippen LogP contribution is 2.31. The van der Waals surface area contributed by atoms with Crippen LogP contribution in [0.4, 0.5) is 0 Å². The van der Waals surface area contributed by atoms with Gasteiger partial charge in [-0.3, -0.25) is 0 Å². The minimum Gasteiger partial charge on any atom is -0.351 e. The molecule has 1 aromatic heterocycles. The molecule has 3 aromatic rings. The molecular formula is C21H29NSi2. The monoisotopic (exact) mass is 351 g/mol. The summed E-state index contributed by atoms with van der Waals surface area (Å²) in [5.41, 5.74) is 4.31. The van der Waals surface area contributed by atoms with Crippen molar-refractivity contribution in [3.63, 3.8) is 0 Å². The first kappa shape index (κ1) is 17.2. The molecule has 0 aliphatic rings. The minimum absolute atomic E-state index is 1.36. The van der Waals surface area contributed by atoms with Crippen LogP contribution in [0.25, 0.3) is 22.0 Å². The van der Waals surface area contributed by atoms with Gasteiger partial charge in [-0.05, 0) is 11.6 Å². The first-order valence-corrected chi connectivity index (χ1v) is 15.8. The molecule has 0 unspecified atom stereocenters. The van der Waals surface area contributed by atoms with Crippen molar-refractivity contribution in [2.24, 2.45) is 7.05 Å². The SMILES string of the molecule is Cn1c([Si](C)(C)C)c(-c2ccccc2[Si](C)(C)C)c2ccccc21. The quantitative estimate of drug-likeness (QED) is 0.589. The molecule has 3 heteroatoms. The molecule has 0 bridgehead atoms. The Kier molecular flexibility index (Phi) is 4.13. The number of hydrogen-bond acceptors (Lipinski definition) is 0. The van der Waals surface area contributed by atoms with E-state index in [1.165, 1.54) is 22.0 Å². The summed E-state index contributed by atoms with van der Waals surface area (Å²) in [6.07, 6.45) is 0. The topological polar surface area (TPSA) is 4.93 Å². The van der Waals surface area contributed by atoms with Gasteiger partial charge < -0.3 is 4.57 Å². The van der Waals surface area contributed by atoms with Crippen molar-refractivity contribution >= 4 is 37.6 Å². The predicted octanol–water partition coefficient (Wildman–Crippen LogP) is 4.94. The number of benzene rings is 2. The first-order chi connectivity index (χ1) is 11.1. The maximum atomic E-state index is 2.46. The molecule has 24 heavy (non-hydrogen) atoms. The fourth-order valence-electron chi connectivity index (χ4n) is 3.90. The zero-order valence-corrected chi connectivity index (χ0v) is 18.1. The van der Waals surface area contributed by atoms with Gasteiger partial charge in [0, 0.05) is 28.8 Å². The largest absolute Gasteiger partial charge is 0.351 e. The van der Waals surface area contributed by atoms with Gasteiger partial charge in [-0.15, -0.1) is 0 Å². The molecule has 0 atom stereocenters. The van der Waals surface area contributed by atoms with Crippen molar-refractivity contribution < 1.29 is 0 Å². The molecule has 3 rings (SSSR count). The zero-order valence-electron chi connectivity index (χ0n) is 16.1. The Bertz CT molecular complexity index is 892. The maximum absolute atomic E-state index is 2.46. The molecular weight excluding hydrogens is 322 g/mol. The lowest BCUT2D eigenvalue weighted by Crippen LogP contribution is -2.45. The number of fused-ring (bicyclic) bond motifs is 1. The van der Waals surface area contributed by atoms with Gasteiger partial charge in [0.05, 0.1) is 16.1 Å². The average Bonchev–Trinajstić information content (AvgIpc) is 2.80. The number of aryl methyl sites for hydroxylation is 1. The van der Waals surface area contributed by atoms with Gasteiger partial charge in [-0.2, -0.15) is 0 Å². The third kappa shape index (κ3) is 2.80. The van der Waals surface area contributed by atoms with Crippen molar-refractivity contribution in [1.82, 2.24) is 4.57 Å². The zero-order chi connectivity index (χ0) is 17.7. The molecule has 0 N–H and O–H groups in total. The van der Waals surface area contributed by atoms with E-state index < -0.39 is 16.1 Å². The van der Waals surface area contributed by atoms with Crippen LogP contribution in [0.5, 0.6) is 0 Å². The van der Waals surface area contributed by atoms with E-state index >= 15 is 0 Å². The van der Waals surface area contributed by atoms with Gasteiger partial charge >= 0.3 is 0 Å². The molecule has 0 amide bonds. The number of aromatic nitrogens is 1. The van der Waals surface area contributed by atoms with Crippen LogP contribution in [0.15, 0.2) is 48.5 Å². The van der Waals surface area contributed by atoms with Gasteiger partial charge in [0.1, 0.15) is 0 Å². The molecule has 0 saturated heterocycles. The first-order valence-electron chi connectivity index (χ1n) is 8.80. The summed E-state index contributed by atoms with van der Waals surface area (Å²) in [6.45, 7) is 14.7. The van der Waals surface area contributed by atoms with Crippen LogP contribution in [-0.4, -0.2) is 20.7 Å². The maximum Gasteiger partial charge on any atom is 0.0993 e. The fraction of sp³-hybridized carbons (Fsp3) is 0.333. The lowest BCUT2D eigenvalue weighted by atomic mass is 10.0. The summed E-state index contributed by atoms with van der Waals surface area (Å²) < 4.78 is 2.46. The lowest BCUT2D eigenvalue weighted by molar-refractivity contribution is 0.996. The number of para-hydroxylation sites is 1. The normalized spacial score (nSPS) is 12.8. The molecule has 1 nitrogen and oxygen atoms in total. The summed E-state index contributed by atoms with van der Waals surface area (Å²) in [5.74, 6) is 0.